The van der Waals surface area contributed by atoms with E-state index >= 15 is 0 Å². The molecular weight excluding hydrogens is 280 g/mol. The summed E-state index contributed by atoms with van der Waals surface area (Å²) < 4.78 is 0. The van der Waals surface area contributed by atoms with E-state index in [1.165, 1.54) is 12.1 Å². The number of hydrogen-bond acceptors (Lipinski definition) is 3. The SMILES string of the molecule is CC(C)c1c(O)cc(CC(C(=O)O)c2ccccc2)cc1O. The Morgan fingerprint density at radius 2 is 1.59 bits per heavy atom. The molecule has 0 fully saturated rings. The van der Waals surface area contributed by atoms with Gasteiger partial charge in [0.15, 0.2) is 0 Å². The molecule has 0 aliphatic carbocycles. The minimum atomic E-state index is -0.932. The van der Waals surface area contributed by atoms with Crippen molar-refractivity contribution in [1.82, 2.24) is 0 Å². The molecule has 0 aliphatic rings. The van der Waals surface area contributed by atoms with Crippen LogP contribution in [0.4, 0.5) is 0 Å². The van der Waals surface area contributed by atoms with E-state index in [1.54, 1.807) is 24.3 Å². The monoisotopic (exact) mass is 300 g/mol. The molecule has 3 N–H and O–H groups in total. The van der Waals surface area contributed by atoms with Gasteiger partial charge in [0.05, 0.1) is 5.92 Å². The van der Waals surface area contributed by atoms with Gasteiger partial charge in [0.1, 0.15) is 11.5 Å². The van der Waals surface area contributed by atoms with Crippen LogP contribution in [0, 0.1) is 0 Å². The van der Waals surface area contributed by atoms with E-state index in [4.69, 9.17) is 0 Å². The first-order chi connectivity index (χ1) is 10.4. The average Bonchev–Trinajstić information content (AvgIpc) is 2.44. The second kappa shape index (κ2) is 6.52. The van der Waals surface area contributed by atoms with Crippen molar-refractivity contribution in [1.29, 1.82) is 0 Å². The molecule has 2 aromatic rings. The Morgan fingerprint density at radius 1 is 1.05 bits per heavy atom. The third-order valence-electron chi connectivity index (χ3n) is 3.71. The highest BCUT2D eigenvalue weighted by atomic mass is 16.4. The number of carbonyl (C=O) groups is 1. The number of phenolic OH excluding ortho intramolecular Hbond substituents is 2. The van der Waals surface area contributed by atoms with E-state index in [9.17, 15) is 20.1 Å². The van der Waals surface area contributed by atoms with Crippen LogP contribution in [0.5, 0.6) is 11.5 Å². The van der Waals surface area contributed by atoms with Gasteiger partial charge in [0, 0.05) is 5.56 Å². The van der Waals surface area contributed by atoms with Crippen molar-refractivity contribution >= 4 is 5.97 Å². The number of aromatic hydroxyl groups is 2. The molecule has 0 aliphatic heterocycles. The molecule has 0 spiro atoms. The molecule has 0 radical (unpaired) electrons. The molecular formula is C18H20O4. The summed E-state index contributed by atoms with van der Waals surface area (Å²) in [6.45, 7) is 3.75. The Balaban J connectivity index is 2.34. The van der Waals surface area contributed by atoms with Crippen molar-refractivity contribution in [2.45, 2.75) is 32.1 Å². The Kier molecular flexibility index (Phi) is 4.71. The summed E-state index contributed by atoms with van der Waals surface area (Å²) in [4.78, 5) is 11.5. The lowest BCUT2D eigenvalue weighted by Crippen LogP contribution is -2.14. The average molecular weight is 300 g/mol. The minimum absolute atomic E-state index is 0.00204. The lowest BCUT2D eigenvalue weighted by Gasteiger charge is -2.16. The summed E-state index contributed by atoms with van der Waals surface area (Å²) in [5.74, 6) is -1.66. The summed E-state index contributed by atoms with van der Waals surface area (Å²) in [5.41, 5.74) is 1.77. The number of benzene rings is 2. The van der Waals surface area contributed by atoms with Crippen LogP contribution < -0.4 is 0 Å². The third kappa shape index (κ3) is 3.39. The quantitative estimate of drug-likeness (QED) is 0.788. The van der Waals surface area contributed by atoms with Crippen LogP contribution in [0.25, 0.3) is 0 Å². The molecule has 2 aromatic carbocycles. The number of hydrogen-bond donors (Lipinski definition) is 3. The van der Waals surface area contributed by atoms with Crippen LogP contribution >= 0.6 is 0 Å². The summed E-state index contributed by atoms with van der Waals surface area (Å²) in [6, 6.07) is 12.0. The van der Waals surface area contributed by atoms with Gasteiger partial charge in [-0.3, -0.25) is 4.79 Å². The molecule has 2 rings (SSSR count). The first-order valence-corrected chi connectivity index (χ1v) is 7.22. The fraction of sp³-hybridized carbons (Fsp3) is 0.278. The zero-order chi connectivity index (χ0) is 16.3. The maximum absolute atomic E-state index is 11.5. The zero-order valence-corrected chi connectivity index (χ0v) is 12.7. The Labute approximate surface area is 129 Å². The predicted octanol–water partition coefficient (Wildman–Crippen LogP) is 3.63. The Bertz CT molecular complexity index is 639. The first-order valence-electron chi connectivity index (χ1n) is 7.22. The van der Waals surface area contributed by atoms with E-state index in [-0.39, 0.29) is 23.8 Å². The fourth-order valence-electron chi connectivity index (χ4n) is 2.66. The fourth-order valence-corrected chi connectivity index (χ4v) is 2.66. The second-order valence-corrected chi connectivity index (χ2v) is 5.71. The van der Waals surface area contributed by atoms with Gasteiger partial charge >= 0.3 is 5.97 Å². The zero-order valence-electron chi connectivity index (χ0n) is 12.7. The predicted molar refractivity (Wildman–Crippen MR) is 84.4 cm³/mol. The Morgan fingerprint density at radius 3 is 2.05 bits per heavy atom. The van der Waals surface area contributed by atoms with Gasteiger partial charge < -0.3 is 15.3 Å². The summed E-state index contributed by atoms with van der Waals surface area (Å²) in [7, 11) is 0. The molecule has 116 valence electrons. The summed E-state index contributed by atoms with van der Waals surface area (Å²) in [5, 5.41) is 29.6. The molecule has 0 saturated heterocycles. The van der Waals surface area contributed by atoms with Crippen LogP contribution in [-0.4, -0.2) is 21.3 Å². The molecule has 0 heterocycles. The summed E-state index contributed by atoms with van der Waals surface area (Å²) in [6.07, 6.45) is 0.207. The minimum Gasteiger partial charge on any atom is -0.508 e. The van der Waals surface area contributed by atoms with E-state index in [0.29, 0.717) is 16.7 Å². The number of phenols is 2. The van der Waals surface area contributed by atoms with Crippen LogP contribution in [0.15, 0.2) is 42.5 Å². The molecule has 0 aromatic heterocycles. The van der Waals surface area contributed by atoms with Crippen molar-refractivity contribution in [2.24, 2.45) is 0 Å². The van der Waals surface area contributed by atoms with Gasteiger partial charge in [-0.1, -0.05) is 44.2 Å². The number of carboxylic acids is 1. The summed E-state index contributed by atoms with van der Waals surface area (Å²) >= 11 is 0. The molecule has 1 atom stereocenters. The van der Waals surface area contributed by atoms with Gasteiger partial charge in [-0.2, -0.15) is 0 Å². The standard InChI is InChI=1S/C18H20O4/c1-11(2)17-15(19)9-12(10-16(17)20)8-14(18(21)22)13-6-4-3-5-7-13/h3-7,9-11,14,19-20H,8H2,1-2H3,(H,21,22). The highest BCUT2D eigenvalue weighted by Gasteiger charge is 2.22. The van der Waals surface area contributed by atoms with E-state index < -0.39 is 11.9 Å². The maximum atomic E-state index is 11.5. The number of aliphatic carboxylic acids is 1. The van der Waals surface area contributed by atoms with E-state index in [2.05, 4.69) is 0 Å². The molecule has 0 bridgehead atoms. The highest BCUT2D eigenvalue weighted by molar-refractivity contribution is 5.76. The normalized spacial score (nSPS) is 12.3. The van der Waals surface area contributed by atoms with Gasteiger partial charge in [0.25, 0.3) is 0 Å². The Hall–Kier alpha value is -2.49. The van der Waals surface area contributed by atoms with Crippen molar-refractivity contribution < 1.29 is 20.1 Å². The van der Waals surface area contributed by atoms with Crippen LogP contribution in [0.3, 0.4) is 0 Å². The molecule has 22 heavy (non-hydrogen) atoms. The molecule has 4 nitrogen and oxygen atoms in total. The van der Waals surface area contributed by atoms with Crippen LogP contribution in [-0.2, 0) is 11.2 Å². The lowest BCUT2D eigenvalue weighted by atomic mass is 9.90. The van der Waals surface area contributed by atoms with Crippen LogP contribution in [0.2, 0.25) is 0 Å². The maximum Gasteiger partial charge on any atom is 0.311 e. The van der Waals surface area contributed by atoms with Gasteiger partial charge in [-0.15, -0.1) is 0 Å². The smallest absolute Gasteiger partial charge is 0.311 e. The first kappa shape index (κ1) is 15.9. The lowest BCUT2D eigenvalue weighted by molar-refractivity contribution is -0.138. The van der Waals surface area contributed by atoms with Gasteiger partial charge in [-0.05, 0) is 35.6 Å². The van der Waals surface area contributed by atoms with Crippen molar-refractivity contribution in [2.75, 3.05) is 0 Å². The van der Waals surface area contributed by atoms with Gasteiger partial charge in [-0.25, -0.2) is 0 Å². The van der Waals surface area contributed by atoms with Gasteiger partial charge in [0.2, 0.25) is 0 Å². The molecule has 1 unspecified atom stereocenters. The van der Waals surface area contributed by atoms with E-state index in [0.717, 1.165) is 0 Å². The highest BCUT2D eigenvalue weighted by Crippen LogP contribution is 2.36. The van der Waals surface area contributed by atoms with Crippen molar-refractivity contribution in [3.8, 4) is 11.5 Å². The number of rotatable bonds is 5. The third-order valence-corrected chi connectivity index (χ3v) is 3.71. The van der Waals surface area contributed by atoms with Crippen molar-refractivity contribution in [3.05, 3.63) is 59.2 Å². The van der Waals surface area contributed by atoms with E-state index in [1.807, 2.05) is 19.9 Å². The van der Waals surface area contributed by atoms with Crippen molar-refractivity contribution in [3.63, 3.8) is 0 Å². The second-order valence-electron chi connectivity index (χ2n) is 5.71. The topological polar surface area (TPSA) is 77.8 Å². The molecule has 4 heteroatoms. The molecule has 0 amide bonds. The largest absolute Gasteiger partial charge is 0.508 e. The number of carboxylic acid groups (broad SMARTS) is 1. The van der Waals surface area contributed by atoms with Crippen LogP contribution in [0.1, 0.15) is 42.4 Å². The molecule has 0 saturated carbocycles.